The van der Waals surface area contributed by atoms with Crippen molar-refractivity contribution in [2.24, 2.45) is 0 Å². The van der Waals surface area contributed by atoms with Gasteiger partial charge in [-0.15, -0.1) is 0 Å². The van der Waals surface area contributed by atoms with Crippen LogP contribution in [0.3, 0.4) is 0 Å². The first kappa shape index (κ1) is 18.2. The third-order valence-electron chi connectivity index (χ3n) is 4.52. The van der Waals surface area contributed by atoms with Gasteiger partial charge >= 0.3 is 0 Å². The first-order chi connectivity index (χ1) is 12.3. The highest BCUT2D eigenvalue weighted by Gasteiger charge is 2.34. The molecular formula is C19H19ClN3O3+. The number of furan rings is 1. The zero-order chi connectivity index (χ0) is 19.1. The third kappa shape index (κ3) is 2.90. The minimum absolute atomic E-state index is 0.180. The molecule has 0 bridgehead atoms. The zero-order valence-electron chi connectivity index (χ0n) is 14.9. The van der Waals surface area contributed by atoms with Gasteiger partial charge in [0, 0.05) is 5.39 Å². The summed E-state index contributed by atoms with van der Waals surface area (Å²) < 4.78 is 6.07. The van der Waals surface area contributed by atoms with Crippen LogP contribution in [0.2, 0.25) is 5.02 Å². The molecule has 6 nitrogen and oxygen atoms in total. The predicted octanol–water partition coefficient (Wildman–Crippen LogP) is 3.14. The summed E-state index contributed by atoms with van der Waals surface area (Å²) in [4.78, 5) is 24.0. The molecule has 26 heavy (non-hydrogen) atoms. The average molecular weight is 373 g/mol. The highest BCUT2D eigenvalue weighted by Crippen LogP contribution is 2.32. The summed E-state index contributed by atoms with van der Waals surface area (Å²) in [5, 5.41) is 13.1. The van der Waals surface area contributed by atoms with E-state index in [0.29, 0.717) is 43.2 Å². The van der Waals surface area contributed by atoms with Gasteiger partial charge in [-0.25, -0.2) is 0 Å². The van der Waals surface area contributed by atoms with Crippen molar-refractivity contribution < 1.29 is 4.42 Å². The molecule has 0 aliphatic carbocycles. The van der Waals surface area contributed by atoms with Crippen molar-refractivity contribution in [1.29, 1.82) is 5.26 Å². The van der Waals surface area contributed by atoms with E-state index in [1.165, 1.54) is 0 Å². The summed E-state index contributed by atoms with van der Waals surface area (Å²) in [5.74, 6) is 0.455. The molecule has 134 valence electrons. The number of nitrogens with one attached hydrogen (secondary N) is 1. The van der Waals surface area contributed by atoms with E-state index in [1.807, 2.05) is 21.0 Å². The first-order valence-corrected chi connectivity index (χ1v) is 8.69. The van der Waals surface area contributed by atoms with Crippen LogP contribution >= 0.6 is 11.6 Å². The molecule has 1 N–H and O–H groups in total. The monoisotopic (exact) mass is 372 g/mol. The molecule has 3 rings (SSSR count). The number of nitrogens with zero attached hydrogens (tertiary/aromatic N) is 2. The molecule has 0 unspecified atom stereocenters. The molecule has 0 atom stereocenters. The Balaban J connectivity index is 1.89. The predicted molar refractivity (Wildman–Crippen MR) is 103 cm³/mol. The van der Waals surface area contributed by atoms with E-state index in [9.17, 15) is 9.59 Å². The van der Waals surface area contributed by atoms with Gasteiger partial charge in [-0.3, -0.25) is 14.1 Å². The molecule has 1 aromatic heterocycles. The number of fused-ring (bicyclic) bond motifs is 1. The van der Waals surface area contributed by atoms with E-state index in [2.05, 4.69) is 11.4 Å². The smallest absolute Gasteiger partial charge is 0.290 e. The van der Waals surface area contributed by atoms with E-state index in [4.69, 9.17) is 21.3 Å². The van der Waals surface area contributed by atoms with Crippen molar-refractivity contribution in [3.8, 4) is 6.07 Å². The number of anilines is 1. The lowest BCUT2D eigenvalue weighted by Gasteiger charge is -2.30. The molecule has 0 radical (unpaired) electrons. The van der Waals surface area contributed by atoms with Crippen molar-refractivity contribution in [2.75, 3.05) is 26.0 Å². The van der Waals surface area contributed by atoms with E-state index in [0.717, 1.165) is 13.0 Å². The van der Waals surface area contributed by atoms with Gasteiger partial charge in [0.05, 0.1) is 43.8 Å². The van der Waals surface area contributed by atoms with Gasteiger partial charge in [0.15, 0.2) is 5.69 Å². The van der Waals surface area contributed by atoms with E-state index in [-0.39, 0.29) is 6.54 Å². The van der Waals surface area contributed by atoms with Gasteiger partial charge in [-0.05, 0) is 24.6 Å². The molecule has 0 saturated heterocycles. The van der Waals surface area contributed by atoms with Crippen molar-refractivity contribution in [3.63, 3.8) is 0 Å². The lowest BCUT2D eigenvalue weighted by molar-refractivity contribution is 0.394. The summed E-state index contributed by atoms with van der Waals surface area (Å²) in [6.07, 6.45) is 0.891. The maximum absolute atomic E-state index is 12.0. The molecule has 0 spiro atoms. The van der Waals surface area contributed by atoms with Crippen LogP contribution in [0.15, 0.2) is 32.2 Å². The molecule has 0 amide bonds. The minimum Gasteiger partial charge on any atom is -0.458 e. The Morgan fingerprint density at radius 2 is 2.00 bits per heavy atom. The molecular weight excluding hydrogens is 354 g/mol. The second-order valence-corrected chi connectivity index (χ2v) is 7.18. The Hall–Kier alpha value is -2.62. The van der Waals surface area contributed by atoms with Gasteiger partial charge in [-0.1, -0.05) is 18.5 Å². The quantitative estimate of drug-likeness (QED) is 0.531. The Labute approximate surface area is 155 Å². The van der Waals surface area contributed by atoms with E-state index < -0.39 is 10.9 Å². The fourth-order valence-corrected chi connectivity index (χ4v) is 3.52. The van der Waals surface area contributed by atoms with Crippen molar-refractivity contribution >= 4 is 33.9 Å². The van der Waals surface area contributed by atoms with E-state index >= 15 is 0 Å². The van der Waals surface area contributed by atoms with Gasteiger partial charge in [0.25, 0.3) is 10.9 Å². The molecule has 3 aromatic rings. The Morgan fingerprint density at radius 3 is 2.65 bits per heavy atom. The van der Waals surface area contributed by atoms with Crippen molar-refractivity contribution in [1.82, 2.24) is 4.48 Å². The first-order valence-electron chi connectivity index (χ1n) is 8.32. The van der Waals surface area contributed by atoms with Gasteiger partial charge < -0.3 is 9.73 Å². The molecule has 0 aliphatic rings. The fraction of sp³-hybridized carbons (Fsp3) is 0.316. The standard InChI is InChI=1S/C19H18ClN3O3/c1-4-7-23(2,3)17-16(18(24)19(17)25)22-10-14-15(20)12-8-11(9-21)5-6-13(12)26-14/h5-6,8H,4,7,10H2,1-3H3/p+1. The van der Waals surface area contributed by atoms with Crippen LogP contribution in [-0.4, -0.2) is 20.6 Å². The summed E-state index contributed by atoms with van der Waals surface area (Å²) in [6, 6.07) is 7.06. The molecule has 2 aromatic carbocycles. The molecule has 0 saturated carbocycles. The fourth-order valence-electron chi connectivity index (χ4n) is 3.26. The van der Waals surface area contributed by atoms with Gasteiger partial charge in [0.2, 0.25) is 5.69 Å². The lowest BCUT2D eigenvalue weighted by Crippen LogP contribution is -2.51. The van der Waals surface area contributed by atoms with Crippen LogP contribution in [0.4, 0.5) is 11.4 Å². The highest BCUT2D eigenvalue weighted by atomic mass is 35.5. The van der Waals surface area contributed by atoms with Crippen LogP contribution in [0.25, 0.3) is 11.0 Å². The Morgan fingerprint density at radius 1 is 1.27 bits per heavy atom. The second-order valence-electron chi connectivity index (χ2n) is 6.81. The largest absolute Gasteiger partial charge is 0.458 e. The molecule has 7 heteroatoms. The summed E-state index contributed by atoms with van der Waals surface area (Å²) in [5.41, 5.74) is 0.904. The topological polar surface area (TPSA) is 83.1 Å². The normalized spacial score (nSPS) is 11.8. The zero-order valence-corrected chi connectivity index (χ0v) is 15.6. The number of benzene rings is 1. The minimum atomic E-state index is -0.513. The lowest BCUT2D eigenvalue weighted by atomic mass is 10.1. The van der Waals surface area contributed by atoms with E-state index in [1.54, 1.807) is 18.2 Å². The van der Waals surface area contributed by atoms with Gasteiger partial charge in [0.1, 0.15) is 11.3 Å². The Kier molecular flexibility index (Phi) is 4.61. The number of hydrogen-bond acceptors (Lipinski definition) is 5. The van der Waals surface area contributed by atoms with Crippen LogP contribution < -0.4 is 20.7 Å². The number of nitriles is 1. The van der Waals surface area contributed by atoms with Crippen LogP contribution in [0.5, 0.6) is 0 Å². The van der Waals surface area contributed by atoms with Crippen LogP contribution in [-0.2, 0) is 6.54 Å². The number of quaternary nitrogens is 1. The highest BCUT2D eigenvalue weighted by molar-refractivity contribution is 6.36. The maximum atomic E-state index is 12.0. The van der Waals surface area contributed by atoms with Crippen LogP contribution in [0, 0.1) is 11.3 Å². The molecule has 0 aliphatic heterocycles. The van der Waals surface area contributed by atoms with Crippen LogP contribution in [0.1, 0.15) is 24.7 Å². The van der Waals surface area contributed by atoms with Gasteiger partial charge in [-0.2, -0.15) is 5.26 Å². The molecule has 1 heterocycles. The average Bonchev–Trinajstić information content (AvgIpc) is 2.92. The SMILES string of the molecule is CCC[N+](C)(C)c1c(NCc2oc3ccc(C#N)cc3c2Cl)c(=O)c1=O. The second kappa shape index (κ2) is 6.60. The summed E-state index contributed by atoms with van der Waals surface area (Å²) in [6.45, 7) is 2.96. The number of rotatable bonds is 6. The van der Waals surface area contributed by atoms with Crippen molar-refractivity contribution in [3.05, 3.63) is 55.0 Å². The maximum Gasteiger partial charge on any atom is 0.290 e. The third-order valence-corrected chi connectivity index (χ3v) is 4.94. The number of halogens is 1. The summed E-state index contributed by atoms with van der Waals surface area (Å²) in [7, 11) is 3.81. The number of hydrogen-bond donors (Lipinski definition) is 1. The Bertz CT molecular complexity index is 1100. The van der Waals surface area contributed by atoms with Crippen molar-refractivity contribution in [2.45, 2.75) is 19.9 Å². The molecule has 0 fully saturated rings. The summed E-state index contributed by atoms with van der Waals surface area (Å²) >= 11 is 6.36.